The summed E-state index contributed by atoms with van der Waals surface area (Å²) in [4.78, 5) is 22.0. The summed E-state index contributed by atoms with van der Waals surface area (Å²) in [5.74, 6) is 0.655. The molecule has 0 amide bonds. The van der Waals surface area contributed by atoms with Crippen LogP contribution in [0.1, 0.15) is 23.1 Å². The first-order chi connectivity index (χ1) is 16.0. The van der Waals surface area contributed by atoms with Gasteiger partial charge in [0, 0.05) is 36.3 Å². The third-order valence-corrected chi connectivity index (χ3v) is 5.49. The Kier molecular flexibility index (Phi) is 5.02. The number of nitrogens with zero attached hydrogens (tertiary/aromatic N) is 7. The zero-order chi connectivity index (χ0) is 22.9. The van der Waals surface area contributed by atoms with E-state index in [4.69, 9.17) is 0 Å². The second-order valence-corrected chi connectivity index (χ2v) is 7.46. The molecule has 0 aliphatic heterocycles. The number of carbonyl (C=O) groups is 1. The number of rotatable bonds is 6. The lowest BCUT2D eigenvalue weighted by Gasteiger charge is -2.21. The standard InChI is InChI=1S/C23H20N8O2/c1-3-15-12-20(31-13-19(22(32)33)25-23(31)24-15)30(2)16-10-8-14(9-11-16)17-6-4-5-7-18(17)21-26-28-29-27-21/h4-13H,3H2,1-2H3,(H,32,33)(H,26,27,28,29). The lowest BCUT2D eigenvalue weighted by molar-refractivity contribution is 0.0691. The minimum absolute atomic E-state index is 0.0423. The van der Waals surface area contributed by atoms with E-state index in [0.29, 0.717) is 18.0 Å². The van der Waals surface area contributed by atoms with E-state index >= 15 is 0 Å². The topological polar surface area (TPSA) is 125 Å². The Morgan fingerprint density at radius 3 is 2.52 bits per heavy atom. The Bertz CT molecular complexity index is 1440. The third kappa shape index (κ3) is 3.67. The second kappa shape index (κ2) is 8.15. The molecule has 164 valence electrons. The number of benzene rings is 2. The predicted molar refractivity (Wildman–Crippen MR) is 122 cm³/mol. The summed E-state index contributed by atoms with van der Waals surface area (Å²) in [5, 5.41) is 23.6. The molecule has 2 N–H and O–H groups in total. The van der Waals surface area contributed by atoms with Crippen molar-refractivity contribution < 1.29 is 9.90 Å². The van der Waals surface area contributed by atoms with Crippen LogP contribution in [0.15, 0.2) is 60.8 Å². The number of tetrazole rings is 1. The van der Waals surface area contributed by atoms with Crippen LogP contribution in [0.4, 0.5) is 11.5 Å². The number of anilines is 2. The molecule has 0 fully saturated rings. The highest BCUT2D eigenvalue weighted by Crippen LogP contribution is 2.32. The average Bonchev–Trinajstić information content (AvgIpc) is 3.53. The molecule has 10 nitrogen and oxygen atoms in total. The Hall–Kier alpha value is -4.60. The Morgan fingerprint density at radius 1 is 1.09 bits per heavy atom. The van der Waals surface area contributed by atoms with Gasteiger partial charge in [0.15, 0.2) is 11.5 Å². The molecular formula is C23H20N8O2. The van der Waals surface area contributed by atoms with Crippen LogP contribution >= 0.6 is 0 Å². The maximum Gasteiger partial charge on any atom is 0.356 e. The van der Waals surface area contributed by atoms with Crippen molar-refractivity contribution >= 4 is 23.3 Å². The number of aryl methyl sites for hydroxylation is 1. The SMILES string of the molecule is CCc1cc(N(C)c2ccc(-c3ccccc3-c3nnn[nH]3)cc2)n2cc(C(=O)O)nc2n1. The van der Waals surface area contributed by atoms with Crippen molar-refractivity contribution in [1.29, 1.82) is 0 Å². The molecule has 2 aromatic carbocycles. The van der Waals surface area contributed by atoms with Gasteiger partial charge in [0.1, 0.15) is 5.82 Å². The number of nitrogens with one attached hydrogen (secondary N) is 1. The first-order valence-corrected chi connectivity index (χ1v) is 10.3. The summed E-state index contributed by atoms with van der Waals surface area (Å²) in [6.07, 6.45) is 2.20. The summed E-state index contributed by atoms with van der Waals surface area (Å²) in [5.41, 5.74) is 4.65. The minimum Gasteiger partial charge on any atom is -0.476 e. The molecule has 0 aliphatic carbocycles. The predicted octanol–water partition coefficient (Wildman–Crippen LogP) is 3.60. The number of imidazole rings is 1. The number of carboxylic acid groups (broad SMARTS) is 1. The molecule has 3 heterocycles. The van der Waals surface area contributed by atoms with Crippen LogP contribution in [0.5, 0.6) is 0 Å². The minimum atomic E-state index is -1.09. The summed E-state index contributed by atoms with van der Waals surface area (Å²) in [6, 6.07) is 17.9. The lowest BCUT2D eigenvalue weighted by Crippen LogP contribution is -2.14. The molecule has 0 aliphatic rings. The first-order valence-electron chi connectivity index (χ1n) is 10.3. The van der Waals surface area contributed by atoms with Crippen molar-refractivity contribution in [2.24, 2.45) is 0 Å². The number of aromatic nitrogens is 7. The van der Waals surface area contributed by atoms with Gasteiger partial charge in [0.2, 0.25) is 5.78 Å². The quantitative estimate of drug-likeness (QED) is 0.410. The van der Waals surface area contributed by atoms with Crippen molar-refractivity contribution in [3.8, 4) is 22.5 Å². The smallest absolute Gasteiger partial charge is 0.356 e. The van der Waals surface area contributed by atoms with E-state index in [1.165, 1.54) is 6.20 Å². The van der Waals surface area contributed by atoms with Gasteiger partial charge in [0.25, 0.3) is 0 Å². The molecular weight excluding hydrogens is 420 g/mol. The van der Waals surface area contributed by atoms with Gasteiger partial charge in [-0.1, -0.05) is 43.3 Å². The number of hydrogen-bond donors (Lipinski definition) is 2. The van der Waals surface area contributed by atoms with Crippen molar-refractivity contribution in [2.75, 3.05) is 11.9 Å². The van der Waals surface area contributed by atoms with E-state index < -0.39 is 5.97 Å². The Labute approximate surface area is 188 Å². The highest BCUT2D eigenvalue weighted by molar-refractivity contribution is 5.86. The lowest BCUT2D eigenvalue weighted by atomic mass is 9.99. The normalized spacial score (nSPS) is 11.1. The van der Waals surface area contributed by atoms with Gasteiger partial charge in [-0.25, -0.2) is 19.9 Å². The third-order valence-electron chi connectivity index (χ3n) is 5.49. The number of H-pyrrole nitrogens is 1. The van der Waals surface area contributed by atoms with Crippen LogP contribution in [0, 0.1) is 0 Å². The first kappa shape index (κ1) is 20.3. The maximum atomic E-state index is 11.4. The van der Waals surface area contributed by atoms with Gasteiger partial charge >= 0.3 is 5.97 Å². The molecule has 5 aromatic rings. The molecule has 0 radical (unpaired) electrons. The van der Waals surface area contributed by atoms with Gasteiger partial charge in [-0.05, 0) is 40.1 Å². The Balaban J connectivity index is 1.54. The Morgan fingerprint density at radius 2 is 1.85 bits per heavy atom. The molecule has 10 heteroatoms. The molecule has 0 unspecified atom stereocenters. The molecule has 3 aromatic heterocycles. The van der Waals surface area contributed by atoms with Crippen LogP contribution in [0.3, 0.4) is 0 Å². The van der Waals surface area contributed by atoms with Crippen LogP contribution in [0.25, 0.3) is 28.3 Å². The van der Waals surface area contributed by atoms with Gasteiger partial charge in [0.05, 0.1) is 0 Å². The molecule has 0 atom stereocenters. The molecule has 0 saturated carbocycles. The molecule has 5 rings (SSSR count). The van der Waals surface area contributed by atoms with Gasteiger partial charge in [-0.15, -0.1) is 5.10 Å². The zero-order valence-electron chi connectivity index (χ0n) is 18.0. The van der Waals surface area contributed by atoms with Crippen LogP contribution in [0.2, 0.25) is 0 Å². The molecule has 0 spiro atoms. The number of fused-ring (bicyclic) bond motifs is 1. The fourth-order valence-corrected chi connectivity index (χ4v) is 3.75. The van der Waals surface area contributed by atoms with E-state index in [0.717, 1.165) is 33.9 Å². The van der Waals surface area contributed by atoms with Crippen molar-refractivity contribution in [3.63, 3.8) is 0 Å². The number of hydrogen-bond acceptors (Lipinski definition) is 7. The fraction of sp³-hybridized carbons (Fsp3) is 0.130. The summed E-state index contributed by atoms with van der Waals surface area (Å²) >= 11 is 0. The van der Waals surface area contributed by atoms with Gasteiger partial charge in [-0.3, -0.25) is 4.40 Å². The maximum absolute atomic E-state index is 11.4. The molecule has 0 bridgehead atoms. The van der Waals surface area contributed by atoms with Crippen molar-refractivity contribution in [3.05, 3.63) is 72.2 Å². The highest BCUT2D eigenvalue weighted by atomic mass is 16.4. The monoisotopic (exact) mass is 440 g/mol. The summed E-state index contributed by atoms with van der Waals surface area (Å²) in [6.45, 7) is 2.00. The van der Waals surface area contributed by atoms with E-state index in [9.17, 15) is 9.90 Å². The van der Waals surface area contributed by atoms with Crippen molar-refractivity contribution in [2.45, 2.75) is 13.3 Å². The fourth-order valence-electron chi connectivity index (χ4n) is 3.75. The summed E-state index contributed by atoms with van der Waals surface area (Å²) in [7, 11) is 1.93. The van der Waals surface area contributed by atoms with Crippen LogP contribution in [-0.4, -0.2) is 53.1 Å². The van der Waals surface area contributed by atoms with E-state index in [1.54, 1.807) is 4.40 Å². The molecule has 0 saturated heterocycles. The van der Waals surface area contributed by atoms with Crippen LogP contribution in [-0.2, 0) is 6.42 Å². The van der Waals surface area contributed by atoms with E-state index in [1.807, 2.05) is 73.5 Å². The number of aromatic carboxylic acids is 1. The summed E-state index contributed by atoms with van der Waals surface area (Å²) < 4.78 is 1.70. The largest absolute Gasteiger partial charge is 0.476 e. The average molecular weight is 440 g/mol. The van der Waals surface area contributed by atoms with Gasteiger partial charge < -0.3 is 10.0 Å². The van der Waals surface area contributed by atoms with Crippen LogP contribution < -0.4 is 4.90 Å². The highest BCUT2D eigenvalue weighted by Gasteiger charge is 2.17. The zero-order valence-corrected chi connectivity index (χ0v) is 18.0. The van der Waals surface area contributed by atoms with E-state index in [-0.39, 0.29) is 5.69 Å². The van der Waals surface area contributed by atoms with Gasteiger partial charge in [-0.2, -0.15) is 0 Å². The number of aromatic amines is 1. The van der Waals surface area contributed by atoms with E-state index in [2.05, 4.69) is 30.6 Å². The number of carboxylic acids is 1. The van der Waals surface area contributed by atoms with Crippen molar-refractivity contribution in [1.82, 2.24) is 35.0 Å². The second-order valence-electron chi connectivity index (χ2n) is 7.46. The molecule has 33 heavy (non-hydrogen) atoms.